The lowest BCUT2D eigenvalue weighted by Crippen LogP contribution is -2.10. The number of nitrogens with two attached hydrogens (primary N) is 2. The second kappa shape index (κ2) is 5.96. The van der Waals surface area contributed by atoms with Crippen molar-refractivity contribution in [3.8, 4) is 17.2 Å². The third kappa shape index (κ3) is 3.29. The monoisotopic (exact) mass is 264 g/mol. The Hall–Kier alpha value is -2.41. The van der Waals surface area contributed by atoms with Crippen LogP contribution in [0, 0.1) is 0 Å². The van der Waals surface area contributed by atoms with Gasteiger partial charge in [0, 0.05) is 17.7 Å². The van der Waals surface area contributed by atoms with Gasteiger partial charge in [0.1, 0.15) is 12.4 Å². The van der Waals surface area contributed by atoms with Crippen molar-refractivity contribution in [2.45, 2.75) is 0 Å². The average molecular weight is 264 g/mol. The minimum absolute atomic E-state index is 0.0796. The van der Waals surface area contributed by atoms with Crippen LogP contribution in [-0.2, 0) is 0 Å². The number of anilines is 1. The highest BCUT2D eigenvalue weighted by Crippen LogP contribution is 2.21. The van der Waals surface area contributed by atoms with Gasteiger partial charge in [0.2, 0.25) is 0 Å². The fraction of sp³-hybridized carbons (Fsp3) is 0.167. The summed E-state index contributed by atoms with van der Waals surface area (Å²) in [6, 6.07) is 6.90. The molecule has 0 saturated heterocycles. The number of hydrogen-bond acceptors (Lipinski definition) is 6. The second-order valence-electron chi connectivity index (χ2n) is 3.74. The number of nitrogens with zero attached hydrogens (tertiary/aromatic N) is 2. The van der Waals surface area contributed by atoms with Crippen LogP contribution in [0.4, 0.5) is 10.3 Å². The largest absolute Gasteiger partial charge is 0.489 e. The van der Waals surface area contributed by atoms with Crippen LogP contribution in [0.15, 0.2) is 40.7 Å². The first kappa shape index (κ1) is 13.0. The van der Waals surface area contributed by atoms with E-state index in [0.717, 1.165) is 5.56 Å². The summed E-state index contributed by atoms with van der Waals surface area (Å²) in [5.41, 5.74) is 11.8. The molecule has 2 aromatic rings. The molecule has 0 bridgehead atoms. The van der Waals surface area contributed by atoms with E-state index in [1.54, 1.807) is 24.3 Å². The third-order valence-corrected chi connectivity index (χ3v) is 2.38. The zero-order chi connectivity index (χ0) is 13.7. The lowest BCUT2D eigenvalue weighted by atomic mass is 10.2. The molecule has 0 aliphatic rings. The lowest BCUT2D eigenvalue weighted by Gasteiger charge is -2.07. The molecule has 0 spiro atoms. The summed E-state index contributed by atoms with van der Waals surface area (Å²) >= 11 is 0. The van der Waals surface area contributed by atoms with Gasteiger partial charge in [-0.2, -0.15) is 4.98 Å². The van der Waals surface area contributed by atoms with E-state index in [1.165, 1.54) is 0 Å². The lowest BCUT2D eigenvalue weighted by molar-refractivity contribution is 0.347. The maximum absolute atomic E-state index is 12.3. The Morgan fingerprint density at radius 3 is 2.63 bits per heavy atom. The molecule has 1 heterocycles. The van der Waals surface area contributed by atoms with Crippen LogP contribution in [0.5, 0.6) is 5.75 Å². The van der Waals surface area contributed by atoms with Gasteiger partial charge in [-0.25, -0.2) is 4.39 Å². The average Bonchev–Trinajstić information content (AvgIpc) is 2.87. The maximum atomic E-state index is 12.3. The zero-order valence-electron chi connectivity index (χ0n) is 10.0. The number of aromatic nitrogens is 2. The van der Waals surface area contributed by atoms with E-state index in [0.29, 0.717) is 23.5 Å². The van der Waals surface area contributed by atoms with E-state index < -0.39 is 0 Å². The van der Waals surface area contributed by atoms with Gasteiger partial charge in [-0.1, -0.05) is 0 Å². The van der Waals surface area contributed by atoms with E-state index in [4.69, 9.17) is 20.7 Å². The van der Waals surface area contributed by atoms with Gasteiger partial charge < -0.3 is 20.7 Å². The first-order chi connectivity index (χ1) is 9.22. The van der Waals surface area contributed by atoms with E-state index in [2.05, 4.69) is 10.1 Å². The number of halogens is 1. The van der Waals surface area contributed by atoms with Crippen LogP contribution in [0.25, 0.3) is 11.5 Å². The predicted molar refractivity (Wildman–Crippen MR) is 67.9 cm³/mol. The van der Waals surface area contributed by atoms with Crippen molar-refractivity contribution in [1.29, 1.82) is 0 Å². The number of benzene rings is 1. The molecular formula is C12H13FN4O2. The number of nitrogen functional groups attached to an aromatic ring is 1. The summed E-state index contributed by atoms with van der Waals surface area (Å²) in [5, 5.41) is 3.49. The van der Waals surface area contributed by atoms with Gasteiger partial charge in [-0.05, 0) is 29.4 Å². The molecule has 4 N–H and O–H groups in total. The van der Waals surface area contributed by atoms with Crippen LogP contribution in [-0.4, -0.2) is 23.3 Å². The molecule has 0 saturated carbocycles. The van der Waals surface area contributed by atoms with Gasteiger partial charge >= 0.3 is 0 Å². The van der Waals surface area contributed by atoms with Crippen molar-refractivity contribution in [2.24, 2.45) is 5.73 Å². The van der Waals surface area contributed by atoms with E-state index >= 15 is 0 Å². The molecule has 2 rings (SSSR count). The van der Waals surface area contributed by atoms with Crippen LogP contribution in [0.3, 0.4) is 0 Å². The summed E-state index contributed by atoms with van der Waals surface area (Å²) < 4.78 is 22.6. The zero-order valence-corrected chi connectivity index (χ0v) is 10.0. The van der Waals surface area contributed by atoms with Gasteiger partial charge in [0.15, 0.2) is 0 Å². The molecule has 0 aliphatic heterocycles. The Bertz CT molecular complexity index is 565. The van der Waals surface area contributed by atoms with Crippen LogP contribution in [0.1, 0.15) is 0 Å². The molecule has 7 heteroatoms. The van der Waals surface area contributed by atoms with Crippen LogP contribution >= 0.6 is 0 Å². The van der Waals surface area contributed by atoms with Gasteiger partial charge in [-0.15, -0.1) is 0 Å². The van der Waals surface area contributed by atoms with Gasteiger partial charge in [0.05, 0.1) is 6.33 Å². The quantitative estimate of drug-likeness (QED) is 0.849. The summed E-state index contributed by atoms with van der Waals surface area (Å²) in [5.74, 6) is 0.996. The van der Waals surface area contributed by atoms with Crippen molar-refractivity contribution >= 4 is 5.95 Å². The first-order valence-electron chi connectivity index (χ1n) is 5.53. The molecule has 0 aliphatic carbocycles. The summed E-state index contributed by atoms with van der Waals surface area (Å²) in [6.07, 6.45) is 0.454. The third-order valence-electron chi connectivity index (χ3n) is 2.38. The summed E-state index contributed by atoms with van der Waals surface area (Å²) in [7, 11) is 0. The second-order valence-corrected chi connectivity index (χ2v) is 3.74. The Morgan fingerprint density at radius 1 is 1.37 bits per heavy atom. The van der Waals surface area contributed by atoms with Crippen LogP contribution < -0.4 is 16.2 Å². The Balaban J connectivity index is 2.02. The van der Waals surface area contributed by atoms with E-state index in [-0.39, 0.29) is 19.1 Å². The molecule has 6 nitrogen and oxygen atoms in total. The van der Waals surface area contributed by atoms with Crippen molar-refractivity contribution < 1.29 is 13.7 Å². The summed E-state index contributed by atoms with van der Waals surface area (Å²) in [6.45, 7) is 0.232. The molecule has 1 aromatic heterocycles. The smallest absolute Gasteiger partial charge is 0.261 e. The Labute approximate surface area is 108 Å². The fourth-order valence-electron chi connectivity index (χ4n) is 1.36. The molecule has 100 valence electrons. The van der Waals surface area contributed by atoms with Crippen molar-refractivity contribution in [3.63, 3.8) is 0 Å². The minimum atomic E-state index is 0.0796. The number of hydrogen-bond donors (Lipinski definition) is 2. The molecule has 0 atom stereocenters. The topological polar surface area (TPSA) is 100 Å². The highest BCUT2D eigenvalue weighted by atomic mass is 19.1. The standard InChI is InChI=1S/C12H13FN4O2/c13-5-8(6-14)7-18-10-3-1-9(2-4-10)11-16-12(15)17-19-11/h1-5H,6-7,14H2,(H2,15,17)/b8-5+. The molecule has 0 amide bonds. The first-order valence-corrected chi connectivity index (χ1v) is 5.53. The SMILES string of the molecule is NC/C(=C\F)COc1ccc(-c2nc(N)no2)cc1. The molecule has 0 radical (unpaired) electrons. The minimum Gasteiger partial charge on any atom is -0.489 e. The summed E-state index contributed by atoms with van der Waals surface area (Å²) in [4.78, 5) is 3.90. The fourth-order valence-corrected chi connectivity index (χ4v) is 1.36. The molecule has 19 heavy (non-hydrogen) atoms. The highest BCUT2D eigenvalue weighted by molar-refractivity contribution is 5.55. The van der Waals surface area contributed by atoms with Crippen molar-refractivity contribution in [2.75, 3.05) is 18.9 Å². The molecular weight excluding hydrogens is 251 g/mol. The number of ether oxygens (including phenoxy) is 1. The van der Waals surface area contributed by atoms with E-state index in [9.17, 15) is 4.39 Å². The van der Waals surface area contributed by atoms with E-state index in [1.807, 2.05) is 0 Å². The number of rotatable bonds is 5. The van der Waals surface area contributed by atoms with Crippen molar-refractivity contribution in [1.82, 2.24) is 10.1 Å². The normalized spacial score (nSPS) is 11.6. The predicted octanol–water partition coefficient (Wildman–Crippen LogP) is 1.51. The molecule has 0 fully saturated rings. The van der Waals surface area contributed by atoms with Crippen LogP contribution in [0.2, 0.25) is 0 Å². The molecule has 0 unspecified atom stereocenters. The van der Waals surface area contributed by atoms with Gasteiger partial charge in [0.25, 0.3) is 11.8 Å². The Morgan fingerprint density at radius 2 is 2.11 bits per heavy atom. The maximum Gasteiger partial charge on any atom is 0.261 e. The van der Waals surface area contributed by atoms with Crippen molar-refractivity contribution in [3.05, 3.63) is 36.2 Å². The molecule has 1 aromatic carbocycles. The highest BCUT2D eigenvalue weighted by Gasteiger charge is 2.06. The Kier molecular flexibility index (Phi) is 4.09. The van der Waals surface area contributed by atoms with Gasteiger partial charge in [-0.3, -0.25) is 0 Å².